The second-order valence-electron chi connectivity index (χ2n) is 5.31. The Labute approximate surface area is 115 Å². The highest BCUT2D eigenvalue weighted by Gasteiger charge is 2.26. The number of rotatable bonds is 5. The summed E-state index contributed by atoms with van der Waals surface area (Å²) in [5, 5.41) is 12.5. The first kappa shape index (κ1) is 14.1. The van der Waals surface area contributed by atoms with Gasteiger partial charge in [0.2, 0.25) is 0 Å². The van der Waals surface area contributed by atoms with Gasteiger partial charge in [0.1, 0.15) is 11.8 Å². The molecule has 4 nitrogen and oxygen atoms in total. The van der Waals surface area contributed by atoms with E-state index in [1.165, 1.54) is 11.3 Å². The van der Waals surface area contributed by atoms with Crippen LogP contribution >= 0.6 is 0 Å². The number of nitrogens with one attached hydrogen (secondary N) is 1. The van der Waals surface area contributed by atoms with Gasteiger partial charge in [-0.3, -0.25) is 0 Å². The summed E-state index contributed by atoms with van der Waals surface area (Å²) in [6.07, 6.45) is 2.66. The molecule has 2 unspecified atom stereocenters. The van der Waals surface area contributed by atoms with Crippen molar-refractivity contribution < 1.29 is 4.74 Å². The highest BCUT2D eigenvalue weighted by atomic mass is 16.5. The van der Waals surface area contributed by atoms with Crippen molar-refractivity contribution in [2.24, 2.45) is 13.0 Å². The van der Waals surface area contributed by atoms with Crippen LogP contribution in [0.25, 0.3) is 0 Å². The van der Waals surface area contributed by atoms with Crippen molar-refractivity contribution in [2.45, 2.75) is 39.3 Å². The van der Waals surface area contributed by atoms with Crippen molar-refractivity contribution in [3.63, 3.8) is 0 Å². The molecule has 2 heterocycles. The first-order chi connectivity index (χ1) is 9.17. The zero-order valence-corrected chi connectivity index (χ0v) is 12.1. The molecular formula is C15H23N3O. The second-order valence-corrected chi connectivity index (χ2v) is 5.31. The van der Waals surface area contributed by atoms with Gasteiger partial charge in [-0.15, -0.1) is 0 Å². The lowest BCUT2D eigenvalue weighted by atomic mass is 9.99. The van der Waals surface area contributed by atoms with Crippen LogP contribution in [-0.4, -0.2) is 23.8 Å². The average Bonchev–Trinajstić information content (AvgIpc) is 2.98. The molecule has 1 aliphatic heterocycles. The van der Waals surface area contributed by atoms with E-state index in [9.17, 15) is 0 Å². The minimum atomic E-state index is 0.416. The van der Waals surface area contributed by atoms with E-state index in [1.807, 2.05) is 17.7 Å². The van der Waals surface area contributed by atoms with Gasteiger partial charge in [0.05, 0.1) is 6.10 Å². The third kappa shape index (κ3) is 2.99. The average molecular weight is 261 g/mol. The molecule has 0 bridgehead atoms. The van der Waals surface area contributed by atoms with Crippen molar-refractivity contribution in [3.8, 4) is 6.07 Å². The molecule has 1 fully saturated rings. The fraction of sp³-hybridized carbons (Fsp3) is 0.667. The summed E-state index contributed by atoms with van der Waals surface area (Å²) < 4.78 is 7.64. The van der Waals surface area contributed by atoms with E-state index in [0.717, 1.165) is 38.2 Å². The van der Waals surface area contributed by atoms with Crippen LogP contribution in [-0.2, 0) is 18.3 Å². The first-order valence-electron chi connectivity index (χ1n) is 7.05. The topological polar surface area (TPSA) is 50.0 Å². The predicted molar refractivity (Wildman–Crippen MR) is 74.7 cm³/mol. The van der Waals surface area contributed by atoms with Crippen LogP contribution in [0.3, 0.4) is 0 Å². The largest absolute Gasteiger partial charge is 0.378 e. The van der Waals surface area contributed by atoms with Crippen LogP contribution in [0.4, 0.5) is 0 Å². The van der Waals surface area contributed by atoms with Gasteiger partial charge in [0.15, 0.2) is 0 Å². The van der Waals surface area contributed by atoms with Crippen molar-refractivity contribution in [1.82, 2.24) is 9.88 Å². The van der Waals surface area contributed by atoms with Gasteiger partial charge in [0, 0.05) is 32.4 Å². The Kier molecular flexibility index (Phi) is 4.62. The molecule has 0 radical (unpaired) electrons. The zero-order valence-electron chi connectivity index (χ0n) is 12.1. The minimum absolute atomic E-state index is 0.416. The molecule has 1 aromatic heterocycles. The number of hydrogen-bond acceptors (Lipinski definition) is 3. The van der Waals surface area contributed by atoms with Crippen molar-refractivity contribution in [1.29, 1.82) is 5.26 Å². The van der Waals surface area contributed by atoms with Gasteiger partial charge in [-0.1, -0.05) is 6.92 Å². The standard InChI is InChI=1S/C15H23N3O/c1-4-15-12(5-6-19-15)9-17-10-13-7-14(8-16)18(3)11(13)2/h7,12,15,17H,4-6,9-10H2,1-3H3. The van der Waals surface area contributed by atoms with E-state index in [4.69, 9.17) is 10.00 Å². The number of hydrogen-bond donors (Lipinski definition) is 1. The van der Waals surface area contributed by atoms with Crippen molar-refractivity contribution >= 4 is 0 Å². The smallest absolute Gasteiger partial charge is 0.120 e. The summed E-state index contributed by atoms with van der Waals surface area (Å²) >= 11 is 0. The molecule has 19 heavy (non-hydrogen) atoms. The Hall–Kier alpha value is -1.31. The fourth-order valence-corrected chi connectivity index (χ4v) is 2.82. The summed E-state index contributed by atoms with van der Waals surface area (Å²) in [5.41, 5.74) is 3.11. The van der Waals surface area contributed by atoms with Crippen molar-refractivity contribution in [2.75, 3.05) is 13.2 Å². The van der Waals surface area contributed by atoms with Crippen LogP contribution in [0.5, 0.6) is 0 Å². The Morgan fingerprint density at radius 2 is 2.37 bits per heavy atom. The molecule has 1 N–H and O–H groups in total. The van der Waals surface area contributed by atoms with Gasteiger partial charge >= 0.3 is 0 Å². The SMILES string of the molecule is CCC1OCCC1CNCc1cc(C#N)n(C)c1C. The number of aromatic nitrogens is 1. The summed E-state index contributed by atoms with van der Waals surface area (Å²) in [6.45, 7) is 6.96. The van der Waals surface area contributed by atoms with E-state index in [0.29, 0.717) is 12.0 Å². The third-order valence-corrected chi connectivity index (χ3v) is 4.23. The maximum atomic E-state index is 9.01. The normalized spacial score (nSPS) is 22.6. The lowest BCUT2D eigenvalue weighted by Crippen LogP contribution is -2.28. The third-order valence-electron chi connectivity index (χ3n) is 4.23. The maximum Gasteiger partial charge on any atom is 0.120 e. The van der Waals surface area contributed by atoms with Gasteiger partial charge < -0.3 is 14.6 Å². The van der Waals surface area contributed by atoms with E-state index < -0.39 is 0 Å². The van der Waals surface area contributed by atoms with Crippen LogP contribution in [0, 0.1) is 24.2 Å². The van der Waals surface area contributed by atoms with Crippen LogP contribution in [0.2, 0.25) is 0 Å². The quantitative estimate of drug-likeness (QED) is 0.883. The van der Waals surface area contributed by atoms with E-state index >= 15 is 0 Å². The monoisotopic (exact) mass is 261 g/mol. The summed E-state index contributed by atoms with van der Waals surface area (Å²) in [4.78, 5) is 0. The predicted octanol–water partition coefficient (Wildman–Crippen LogP) is 2.11. The molecule has 1 aliphatic rings. The maximum absolute atomic E-state index is 9.01. The van der Waals surface area contributed by atoms with Crippen LogP contribution in [0.1, 0.15) is 36.7 Å². The van der Waals surface area contributed by atoms with Gasteiger partial charge in [-0.2, -0.15) is 5.26 Å². The highest BCUT2D eigenvalue weighted by molar-refractivity contribution is 5.34. The Morgan fingerprint density at radius 3 is 3.00 bits per heavy atom. The Bertz CT molecular complexity index is 472. The summed E-state index contributed by atoms with van der Waals surface area (Å²) in [5.74, 6) is 0.629. The Balaban J connectivity index is 1.88. The molecule has 2 atom stereocenters. The lowest BCUT2D eigenvalue weighted by molar-refractivity contribution is 0.0872. The lowest BCUT2D eigenvalue weighted by Gasteiger charge is -2.17. The molecule has 1 aromatic rings. The highest BCUT2D eigenvalue weighted by Crippen LogP contribution is 2.22. The second kappa shape index (κ2) is 6.23. The zero-order chi connectivity index (χ0) is 13.8. The number of nitriles is 1. The molecular weight excluding hydrogens is 238 g/mol. The van der Waals surface area contributed by atoms with Gasteiger partial charge in [-0.25, -0.2) is 0 Å². The summed E-state index contributed by atoms with van der Waals surface area (Å²) in [6, 6.07) is 4.20. The fourth-order valence-electron chi connectivity index (χ4n) is 2.82. The Morgan fingerprint density at radius 1 is 1.58 bits per heavy atom. The molecule has 0 amide bonds. The molecule has 0 aliphatic carbocycles. The molecule has 2 rings (SSSR count). The first-order valence-corrected chi connectivity index (χ1v) is 7.05. The van der Waals surface area contributed by atoms with Gasteiger partial charge in [0.25, 0.3) is 0 Å². The number of ether oxygens (including phenoxy) is 1. The molecule has 0 saturated carbocycles. The van der Waals surface area contributed by atoms with E-state index in [-0.39, 0.29) is 0 Å². The molecule has 1 saturated heterocycles. The minimum Gasteiger partial charge on any atom is -0.378 e. The molecule has 0 aromatic carbocycles. The van der Waals surface area contributed by atoms with E-state index in [1.54, 1.807) is 0 Å². The van der Waals surface area contributed by atoms with Crippen LogP contribution in [0.15, 0.2) is 6.07 Å². The van der Waals surface area contributed by atoms with Crippen molar-refractivity contribution in [3.05, 3.63) is 23.0 Å². The van der Waals surface area contributed by atoms with Crippen LogP contribution < -0.4 is 5.32 Å². The molecule has 104 valence electrons. The number of nitrogens with zero attached hydrogens (tertiary/aromatic N) is 2. The molecule has 0 spiro atoms. The van der Waals surface area contributed by atoms with Gasteiger partial charge in [-0.05, 0) is 37.3 Å². The van der Waals surface area contributed by atoms with E-state index in [2.05, 4.69) is 25.2 Å². The summed E-state index contributed by atoms with van der Waals surface area (Å²) in [7, 11) is 1.94. The molecule has 4 heteroatoms.